The largest absolute Gasteiger partial charge is 0 e. The predicted molar refractivity (Wildman–Crippen MR) is 47.1 cm³/mol. The Morgan fingerprint density at radius 1 is 0.933 bits per heavy atom. The van der Waals surface area contributed by atoms with Crippen LogP contribution in [0, 0.1) is 0 Å². The van der Waals surface area contributed by atoms with Gasteiger partial charge < -0.3 is 0 Å². The van der Waals surface area contributed by atoms with Crippen molar-refractivity contribution in [3.05, 3.63) is 0 Å². The molecule has 10 saturated heterocycles. The Balaban J connectivity index is 0.000000529. The number of Topliss-reactive ketones (excluding diaryl/α,β-unsaturated/α-hetero) is 1. The van der Waals surface area contributed by atoms with E-state index in [2.05, 4.69) is 0 Å². The van der Waals surface area contributed by atoms with Crippen molar-refractivity contribution in [3.63, 3.8) is 0 Å². The minimum Gasteiger partial charge on any atom is 0 e. The van der Waals surface area contributed by atoms with E-state index in [1.54, 1.807) is 0 Å². The fourth-order valence-electron chi connectivity index (χ4n) is 17.2. The van der Waals surface area contributed by atoms with Gasteiger partial charge in [-0.05, 0) is 0 Å². The number of ketones is 1. The van der Waals surface area contributed by atoms with Crippen LogP contribution in [0.4, 0.5) is 0 Å². The van der Waals surface area contributed by atoms with Gasteiger partial charge in [0.15, 0.2) is 0 Å². The van der Waals surface area contributed by atoms with E-state index in [0.29, 0.717) is 4.31 Å². The maximum absolute atomic E-state index is 12.2. The second kappa shape index (κ2) is 0.414. The molecule has 0 radical (unpaired) electrons. The zero-order valence-corrected chi connectivity index (χ0v) is 10.5. The van der Waals surface area contributed by atoms with Crippen molar-refractivity contribution < 1.29 is 28.4 Å². The smallest absolute Gasteiger partial charge is 0 e. The summed E-state index contributed by atoms with van der Waals surface area (Å²) in [7, 11) is 0. The van der Waals surface area contributed by atoms with Crippen molar-refractivity contribution in [3.8, 4) is 0 Å². The second-order valence-electron chi connectivity index (χ2n) is 10.2. The van der Waals surface area contributed by atoms with Gasteiger partial charge >= 0.3 is 71.7 Å². The van der Waals surface area contributed by atoms with Crippen LogP contribution < -0.4 is 0 Å². The maximum atomic E-state index is 12.2. The van der Waals surface area contributed by atoms with Gasteiger partial charge in [0.2, 0.25) is 0 Å². The molecule has 4 atom stereocenters. The van der Waals surface area contributed by atoms with E-state index in [-0.39, 0.29) is 17.1 Å². The fourth-order valence-corrected chi connectivity index (χ4v) is 91.7. The van der Waals surface area contributed by atoms with Crippen LogP contribution in [0.1, 0.15) is 6.92 Å². The minimum atomic E-state index is -2.94. The van der Waals surface area contributed by atoms with Gasteiger partial charge in [-0.15, -0.1) is 0 Å². The second-order valence-corrected chi connectivity index (χ2v) is 33.8. The van der Waals surface area contributed by atoms with Crippen LogP contribution in [0.3, 0.4) is 0 Å². The quantitative estimate of drug-likeness (QED) is 0.675. The summed E-state index contributed by atoms with van der Waals surface area (Å²) in [5.74, 6) is 0.726. The molecule has 1 nitrogen and oxygen atoms in total. The average molecular weight is 284 g/mol. The Hall–Kier alpha value is 0.709. The van der Waals surface area contributed by atoms with E-state index < -0.39 is 6.51 Å². The molecule has 10 fully saturated rings. The summed E-state index contributed by atoms with van der Waals surface area (Å²) >= 11 is 0. The van der Waals surface area contributed by atoms with Crippen LogP contribution in [-0.2, 0) is 28.4 Å². The molecule has 0 amide bonds. The Labute approximate surface area is 88.5 Å². The van der Waals surface area contributed by atoms with Crippen molar-refractivity contribution in [2.45, 2.75) is 54.6 Å². The topological polar surface area (TPSA) is 17.1 Å². The molecule has 10 aliphatic rings. The van der Waals surface area contributed by atoms with Crippen molar-refractivity contribution in [1.82, 2.24) is 0 Å². The Kier molecular flexibility index (Phi) is 0.167. The first-order chi connectivity index (χ1) is 6.49. The first-order valence-corrected chi connectivity index (χ1v) is 12.5. The third-order valence-electron chi connectivity index (χ3n) is 15.2. The molecule has 0 bridgehead atoms. The molecule has 10 heterocycles. The third-order valence-corrected chi connectivity index (χ3v) is 57.6. The first kappa shape index (κ1) is 6.05. The molecule has 4 unspecified atom stereocenters. The first-order valence-electron chi connectivity index (χ1n) is 6.21. The normalized spacial score (nSPS) is 132. The van der Waals surface area contributed by atoms with Crippen molar-refractivity contribution in [2.75, 3.05) is 0 Å². The third kappa shape index (κ3) is 0.0492. The molecule has 1 spiro atoms. The summed E-state index contributed by atoms with van der Waals surface area (Å²) in [6.07, 6.45) is 0. The van der Waals surface area contributed by atoms with E-state index >= 15 is 0 Å². The molecule has 0 aliphatic carbocycles. The summed E-state index contributed by atoms with van der Waals surface area (Å²) in [6, 6.07) is 0. The zero-order chi connectivity index (χ0) is 8.59. The summed E-state index contributed by atoms with van der Waals surface area (Å²) < 4.78 is 0.555. The molecule has 0 aromatic rings. The SMILES string of the molecule is CC(=O)[C]12[CH]3[CH]4[CH]5[CH]1[Fe]45321678[CH]2[CH]1[CH]6[CH]7[CH]28.[Fe]. The van der Waals surface area contributed by atoms with Crippen LogP contribution in [0.15, 0.2) is 0 Å². The number of rotatable bonds is 1. The minimum absolute atomic E-state index is 0. The molecular formula is C12H12Fe2O. The molecule has 0 aromatic carbocycles. The number of hydrogen-bond acceptors (Lipinski definition) is 1. The van der Waals surface area contributed by atoms with Gasteiger partial charge in [0.25, 0.3) is 0 Å². The molecule has 15 heavy (non-hydrogen) atoms. The summed E-state index contributed by atoms with van der Waals surface area (Å²) in [6.45, 7) is -0.952. The molecule has 82 valence electrons. The van der Waals surface area contributed by atoms with E-state index in [4.69, 9.17) is 0 Å². The number of fused-ring (bicyclic) bond motifs is 10. The number of hydrogen-bond donors (Lipinski definition) is 0. The Bertz CT molecular complexity index is 848. The van der Waals surface area contributed by atoms with Gasteiger partial charge in [-0.2, -0.15) is 0 Å². The molecule has 3 heteroatoms. The van der Waals surface area contributed by atoms with Crippen LogP contribution in [0.5, 0.6) is 0 Å². The standard InChI is InChI=1S/C7H7O.C5H5.2Fe/c1-6(8)7-4-2-3-5-7;1-2-4-5-3-1;;/h2-5H,1H3;1-5H;;. The van der Waals surface area contributed by atoms with Crippen LogP contribution in [-0.4, -0.2) is 5.78 Å². The Morgan fingerprint density at radius 3 is 1.40 bits per heavy atom. The summed E-state index contributed by atoms with van der Waals surface area (Å²) in [4.78, 5) is 23.9. The molecule has 0 N–H and O–H groups in total. The Morgan fingerprint density at radius 2 is 1.33 bits per heavy atom. The van der Waals surface area contributed by atoms with E-state index in [0.717, 1.165) is 5.78 Å². The van der Waals surface area contributed by atoms with E-state index in [1.807, 2.05) is 6.92 Å². The monoisotopic (exact) mass is 284 g/mol. The van der Waals surface area contributed by atoms with Crippen molar-refractivity contribution >= 4 is 5.78 Å². The van der Waals surface area contributed by atoms with Gasteiger partial charge in [-0.1, -0.05) is 0 Å². The fraction of sp³-hybridized carbons (Fsp3) is 0.917. The summed E-state index contributed by atoms with van der Waals surface area (Å²) in [5, 5.41) is 0. The van der Waals surface area contributed by atoms with Gasteiger partial charge in [0.05, 0.1) is 0 Å². The predicted octanol–water partition coefficient (Wildman–Crippen LogP) is 3.33. The molecular weight excluding hydrogens is 272 g/mol. The maximum Gasteiger partial charge on any atom is 0 e. The molecule has 0 aromatic heterocycles. The van der Waals surface area contributed by atoms with Crippen molar-refractivity contribution in [1.29, 1.82) is 0 Å². The van der Waals surface area contributed by atoms with Gasteiger partial charge in [0.1, 0.15) is 0 Å². The molecule has 10 rings (SSSR count). The van der Waals surface area contributed by atoms with Crippen LogP contribution >= 0.6 is 0 Å². The van der Waals surface area contributed by atoms with Gasteiger partial charge in [-0.25, -0.2) is 0 Å². The zero-order valence-electron chi connectivity index (χ0n) is 8.31. The van der Waals surface area contributed by atoms with Crippen LogP contribution in [0.2, 0.25) is 47.7 Å². The summed E-state index contributed by atoms with van der Waals surface area (Å²) in [5.41, 5.74) is 0. The molecule has 10 aliphatic heterocycles. The average Bonchev–Trinajstić information content (AvgIpc) is 3.13. The number of carbonyl (C=O) groups excluding carboxylic acids is 1. The molecule has 0 saturated carbocycles. The van der Waals surface area contributed by atoms with Gasteiger partial charge in [0, 0.05) is 17.1 Å². The van der Waals surface area contributed by atoms with E-state index in [9.17, 15) is 4.79 Å². The van der Waals surface area contributed by atoms with Crippen molar-refractivity contribution in [2.24, 2.45) is 0 Å². The number of carbonyl (C=O) groups is 1. The van der Waals surface area contributed by atoms with Crippen LogP contribution in [0.25, 0.3) is 0 Å². The van der Waals surface area contributed by atoms with E-state index in [1.165, 1.54) is 43.3 Å². The van der Waals surface area contributed by atoms with Gasteiger partial charge in [-0.3, -0.25) is 0 Å².